The van der Waals surface area contributed by atoms with Gasteiger partial charge in [0.05, 0.1) is 0 Å². The Balaban J connectivity index is 1.80. The molecule has 2 aliphatic rings. The van der Waals surface area contributed by atoms with Crippen LogP contribution in [0, 0.1) is 13.8 Å². The highest BCUT2D eigenvalue weighted by molar-refractivity contribution is 5.51. The van der Waals surface area contributed by atoms with Gasteiger partial charge in [-0.25, -0.2) is 0 Å². The summed E-state index contributed by atoms with van der Waals surface area (Å²) in [4.78, 5) is 5.35. The molecule has 2 heterocycles. The molecule has 0 N–H and O–H groups in total. The van der Waals surface area contributed by atoms with Gasteiger partial charge in [0.15, 0.2) is 0 Å². The van der Waals surface area contributed by atoms with E-state index in [-0.39, 0.29) is 0 Å². The first-order valence-electron chi connectivity index (χ1n) is 7.80. The van der Waals surface area contributed by atoms with Crippen molar-refractivity contribution < 1.29 is 0 Å². The maximum Gasteiger partial charge on any atom is 0.0372 e. The first-order valence-corrected chi connectivity index (χ1v) is 7.80. The third kappa shape index (κ3) is 2.94. The molecule has 0 saturated carbocycles. The lowest BCUT2D eigenvalue weighted by molar-refractivity contribution is 0.162. The topological polar surface area (TPSA) is 6.48 Å². The molecule has 0 spiro atoms. The van der Waals surface area contributed by atoms with Crippen LogP contribution < -0.4 is 4.90 Å². The molecule has 2 nitrogen and oxygen atoms in total. The van der Waals surface area contributed by atoms with Crippen LogP contribution in [0.1, 0.15) is 36.8 Å². The van der Waals surface area contributed by atoms with Gasteiger partial charge >= 0.3 is 0 Å². The van der Waals surface area contributed by atoms with Gasteiger partial charge in [0.1, 0.15) is 0 Å². The summed E-state index contributed by atoms with van der Waals surface area (Å²) in [6.45, 7) is 9.48. The molecule has 2 fully saturated rings. The average molecular weight is 258 g/mol. The number of hydrogen-bond donors (Lipinski definition) is 0. The summed E-state index contributed by atoms with van der Waals surface area (Å²) in [5.41, 5.74) is 4.21. The van der Waals surface area contributed by atoms with Crippen LogP contribution in [-0.4, -0.2) is 37.1 Å². The molecular formula is C17H26N2. The number of rotatable bonds is 1. The number of nitrogens with zero attached hydrogens (tertiary/aromatic N) is 2. The number of anilines is 1. The Hall–Kier alpha value is -1.02. The van der Waals surface area contributed by atoms with Crippen molar-refractivity contribution >= 4 is 5.69 Å². The van der Waals surface area contributed by atoms with Crippen molar-refractivity contribution in [2.75, 3.05) is 31.1 Å². The summed E-state index contributed by atoms with van der Waals surface area (Å²) in [7, 11) is 0. The van der Waals surface area contributed by atoms with Crippen molar-refractivity contribution in [2.45, 2.75) is 45.6 Å². The van der Waals surface area contributed by atoms with Crippen LogP contribution in [0.4, 0.5) is 5.69 Å². The fraction of sp³-hybridized carbons (Fsp3) is 0.647. The van der Waals surface area contributed by atoms with Crippen molar-refractivity contribution in [3.63, 3.8) is 0 Å². The Labute approximate surface area is 117 Å². The smallest absolute Gasteiger partial charge is 0.0372 e. The molecule has 2 saturated heterocycles. The predicted molar refractivity (Wildman–Crippen MR) is 82.0 cm³/mol. The third-order valence-electron chi connectivity index (χ3n) is 4.63. The second-order valence-corrected chi connectivity index (χ2v) is 6.33. The van der Waals surface area contributed by atoms with Crippen molar-refractivity contribution in [2.24, 2.45) is 0 Å². The van der Waals surface area contributed by atoms with E-state index < -0.39 is 0 Å². The van der Waals surface area contributed by atoms with E-state index in [2.05, 4.69) is 41.8 Å². The summed E-state index contributed by atoms with van der Waals surface area (Å²) in [6.07, 6.45) is 5.52. The van der Waals surface area contributed by atoms with Gasteiger partial charge < -0.3 is 4.90 Å². The highest BCUT2D eigenvalue weighted by Gasteiger charge is 2.27. The van der Waals surface area contributed by atoms with Crippen LogP contribution in [0.5, 0.6) is 0 Å². The van der Waals surface area contributed by atoms with E-state index in [4.69, 9.17) is 0 Å². The predicted octanol–water partition coefficient (Wildman–Crippen LogP) is 3.37. The molecule has 0 aliphatic carbocycles. The first-order chi connectivity index (χ1) is 9.22. The quantitative estimate of drug-likeness (QED) is 0.762. The summed E-state index contributed by atoms with van der Waals surface area (Å²) < 4.78 is 0. The number of piperidine rings is 1. The minimum Gasteiger partial charge on any atom is -0.370 e. The average Bonchev–Trinajstić information content (AvgIpc) is 2.59. The van der Waals surface area contributed by atoms with Gasteiger partial charge in [0, 0.05) is 31.4 Å². The summed E-state index contributed by atoms with van der Waals surface area (Å²) in [5, 5.41) is 0. The lowest BCUT2D eigenvalue weighted by Crippen LogP contribution is -2.44. The lowest BCUT2D eigenvalue weighted by atomic mass is 10.0. The van der Waals surface area contributed by atoms with Crippen LogP contribution in [0.15, 0.2) is 18.2 Å². The van der Waals surface area contributed by atoms with Gasteiger partial charge in [0.25, 0.3) is 0 Å². The first kappa shape index (κ1) is 13.0. The molecule has 2 aliphatic heterocycles. The molecule has 1 unspecified atom stereocenters. The normalized spacial score (nSPS) is 24.9. The maximum absolute atomic E-state index is 2.73. The molecule has 2 heteroatoms. The van der Waals surface area contributed by atoms with Crippen LogP contribution in [0.2, 0.25) is 0 Å². The van der Waals surface area contributed by atoms with E-state index in [9.17, 15) is 0 Å². The van der Waals surface area contributed by atoms with Crippen molar-refractivity contribution in [3.8, 4) is 0 Å². The van der Waals surface area contributed by atoms with Crippen molar-refractivity contribution in [1.29, 1.82) is 0 Å². The Morgan fingerprint density at radius 1 is 0.895 bits per heavy atom. The Bertz CT molecular complexity index is 421. The molecule has 104 valence electrons. The standard InChI is InChI=1S/C17H26N2/c1-14-10-15(2)12-17(11-14)19-9-5-8-18-7-4-3-6-16(18)13-19/h10-12,16H,3-9,13H2,1-2H3. The highest BCUT2D eigenvalue weighted by Crippen LogP contribution is 2.25. The summed E-state index contributed by atoms with van der Waals surface area (Å²) in [5.74, 6) is 0. The van der Waals surface area contributed by atoms with E-state index in [0.29, 0.717) is 0 Å². The van der Waals surface area contributed by atoms with Crippen LogP contribution in [-0.2, 0) is 0 Å². The maximum atomic E-state index is 2.73. The highest BCUT2D eigenvalue weighted by atomic mass is 15.2. The molecule has 0 amide bonds. The monoisotopic (exact) mass is 258 g/mol. The van der Waals surface area contributed by atoms with Crippen LogP contribution in [0.25, 0.3) is 0 Å². The van der Waals surface area contributed by atoms with Gasteiger partial charge in [-0.3, -0.25) is 4.90 Å². The molecular weight excluding hydrogens is 232 g/mol. The zero-order valence-corrected chi connectivity index (χ0v) is 12.4. The van der Waals surface area contributed by atoms with E-state index in [1.54, 1.807) is 0 Å². The number of benzene rings is 1. The Morgan fingerprint density at radius 2 is 1.63 bits per heavy atom. The lowest BCUT2D eigenvalue weighted by Gasteiger charge is -2.36. The molecule has 19 heavy (non-hydrogen) atoms. The third-order valence-corrected chi connectivity index (χ3v) is 4.63. The fourth-order valence-corrected chi connectivity index (χ4v) is 3.74. The van der Waals surface area contributed by atoms with Crippen LogP contribution >= 0.6 is 0 Å². The zero-order valence-electron chi connectivity index (χ0n) is 12.4. The molecule has 0 radical (unpaired) electrons. The van der Waals surface area contributed by atoms with E-state index in [1.807, 2.05) is 0 Å². The molecule has 1 aromatic carbocycles. The second kappa shape index (κ2) is 5.54. The summed E-state index contributed by atoms with van der Waals surface area (Å²) in [6, 6.07) is 7.77. The van der Waals surface area contributed by atoms with Gasteiger partial charge in [-0.2, -0.15) is 0 Å². The molecule has 0 aromatic heterocycles. The minimum atomic E-state index is 0.789. The number of aryl methyl sites for hydroxylation is 2. The van der Waals surface area contributed by atoms with Crippen molar-refractivity contribution in [3.05, 3.63) is 29.3 Å². The van der Waals surface area contributed by atoms with E-state index in [1.165, 1.54) is 68.7 Å². The van der Waals surface area contributed by atoms with Crippen molar-refractivity contribution in [1.82, 2.24) is 4.90 Å². The zero-order chi connectivity index (χ0) is 13.2. The largest absolute Gasteiger partial charge is 0.370 e. The summed E-state index contributed by atoms with van der Waals surface area (Å²) >= 11 is 0. The minimum absolute atomic E-state index is 0.789. The van der Waals surface area contributed by atoms with Gasteiger partial charge in [-0.15, -0.1) is 0 Å². The van der Waals surface area contributed by atoms with Crippen LogP contribution in [0.3, 0.4) is 0 Å². The van der Waals surface area contributed by atoms with Gasteiger partial charge in [0.2, 0.25) is 0 Å². The number of fused-ring (bicyclic) bond motifs is 1. The Morgan fingerprint density at radius 3 is 2.42 bits per heavy atom. The van der Waals surface area contributed by atoms with Gasteiger partial charge in [-0.05, 0) is 62.9 Å². The van der Waals surface area contributed by atoms with E-state index in [0.717, 1.165) is 6.04 Å². The second-order valence-electron chi connectivity index (χ2n) is 6.33. The molecule has 0 bridgehead atoms. The number of hydrogen-bond acceptors (Lipinski definition) is 2. The molecule has 1 atom stereocenters. The molecule has 3 rings (SSSR count). The fourth-order valence-electron chi connectivity index (χ4n) is 3.74. The van der Waals surface area contributed by atoms with Gasteiger partial charge in [-0.1, -0.05) is 12.5 Å². The Kier molecular flexibility index (Phi) is 3.79. The molecule has 1 aromatic rings. The SMILES string of the molecule is Cc1cc(C)cc(N2CCCN3CCCCC3C2)c1. The van der Waals surface area contributed by atoms with E-state index >= 15 is 0 Å².